The van der Waals surface area contributed by atoms with Crippen LogP contribution in [0.3, 0.4) is 0 Å². The highest BCUT2D eigenvalue weighted by atomic mass is 19.4. The summed E-state index contributed by atoms with van der Waals surface area (Å²) in [6.45, 7) is 5.31. The van der Waals surface area contributed by atoms with Crippen LogP contribution in [0.25, 0.3) is 22.6 Å². The zero-order chi connectivity index (χ0) is 26.4. The topological polar surface area (TPSA) is 98.4 Å². The van der Waals surface area contributed by atoms with Crippen LogP contribution in [0.5, 0.6) is 5.75 Å². The molecule has 1 fully saturated rings. The van der Waals surface area contributed by atoms with Crippen LogP contribution in [0, 0.1) is 0 Å². The van der Waals surface area contributed by atoms with Gasteiger partial charge in [0, 0.05) is 43.5 Å². The smallest absolute Gasteiger partial charge is 0.471 e. The van der Waals surface area contributed by atoms with Crippen LogP contribution in [-0.2, 0) is 17.5 Å². The summed E-state index contributed by atoms with van der Waals surface area (Å²) in [6, 6.07) is 16.4. The molecular weight excluding hydrogens is 501 g/mol. The van der Waals surface area contributed by atoms with E-state index in [0.29, 0.717) is 24.7 Å². The molecule has 2 aromatic heterocycles. The molecule has 2 aromatic carbocycles. The van der Waals surface area contributed by atoms with Gasteiger partial charge in [-0.25, -0.2) is 9.97 Å². The number of nitrogens with zero attached hydrogens (tertiary/aromatic N) is 5. The van der Waals surface area contributed by atoms with Crippen molar-refractivity contribution in [3.05, 3.63) is 72.2 Å². The van der Waals surface area contributed by atoms with E-state index in [1.54, 1.807) is 30.5 Å². The number of rotatable bonds is 9. The summed E-state index contributed by atoms with van der Waals surface area (Å²) in [7, 11) is 0. The first-order valence-electron chi connectivity index (χ1n) is 12.0. The SMILES string of the molecule is FC(F)(F)c1nc(-c2ccc(CNc3nccc(-c4ccc(OCCN5CCOCC5)cc4)n3)cc2)no1. The largest absolute Gasteiger partial charge is 0.492 e. The normalized spacial score (nSPS) is 14.4. The Balaban J connectivity index is 1.14. The van der Waals surface area contributed by atoms with Gasteiger partial charge in [0.05, 0.1) is 18.9 Å². The van der Waals surface area contributed by atoms with Crippen LogP contribution in [-0.4, -0.2) is 64.5 Å². The monoisotopic (exact) mass is 526 g/mol. The molecule has 0 saturated carbocycles. The van der Waals surface area contributed by atoms with Crippen molar-refractivity contribution in [2.24, 2.45) is 0 Å². The molecule has 5 rings (SSSR count). The second-order valence-corrected chi connectivity index (χ2v) is 8.56. The van der Waals surface area contributed by atoms with Crippen molar-refractivity contribution in [3.63, 3.8) is 0 Å². The van der Waals surface area contributed by atoms with E-state index < -0.39 is 12.1 Å². The second kappa shape index (κ2) is 11.6. The number of halogens is 3. The first kappa shape index (κ1) is 25.6. The lowest BCUT2D eigenvalue weighted by atomic mass is 10.1. The number of benzene rings is 2. The van der Waals surface area contributed by atoms with Crippen LogP contribution >= 0.6 is 0 Å². The summed E-state index contributed by atoms with van der Waals surface area (Å²) in [5.41, 5.74) is 2.98. The van der Waals surface area contributed by atoms with E-state index in [-0.39, 0.29) is 5.82 Å². The Kier molecular flexibility index (Phi) is 7.80. The predicted molar refractivity (Wildman–Crippen MR) is 132 cm³/mol. The average molecular weight is 527 g/mol. The molecular formula is C26H25F3N6O3. The fraction of sp³-hybridized carbons (Fsp3) is 0.308. The van der Waals surface area contributed by atoms with Gasteiger partial charge in [-0.3, -0.25) is 4.90 Å². The summed E-state index contributed by atoms with van der Waals surface area (Å²) in [5.74, 6) is -0.249. The van der Waals surface area contributed by atoms with E-state index in [9.17, 15) is 13.2 Å². The molecule has 38 heavy (non-hydrogen) atoms. The maximum Gasteiger partial charge on any atom is 0.471 e. The molecule has 0 radical (unpaired) electrons. The highest BCUT2D eigenvalue weighted by Crippen LogP contribution is 2.29. The highest BCUT2D eigenvalue weighted by Gasteiger charge is 2.38. The summed E-state index contributed by atoms with van der Waals surface area (Å²) >= 11 is 0. The number of anilines is 1. The van der Waals surface area contributed by atoms with Gasteiger partial charge in [-0.15, -0.1) is 0 Å². The van der Waals surface area contributed by atoms with E-state index in [1.165, 1.54) is 0 Å². The Morgan fingerprint density at radius 2 is 1.66 bits per heavy atom. The maximum absolute atomic E-state index is 12.7. The molecule has 1 N–H and O–H groups in total. The van der Waals surface area contributed by atoms with Gasteiger partial charge in [-0.2, -0.15) is 18.2 Å². The van der Waals surface area contributed by atoms with E-state index in [1.807, 2.05) is 30.3 Å². The third-order valence-corrected chi connectivity index (χ3v) is 5.92. The van der Waals surface area contributed by atoms with Crippen LogP contribution in [0.15, 0.2) is 65.3 Å². The first-order valence-corrected chi connectivity index (χ1v) is 12.0. The summed E-state index contributed by atoms with van der Waals surface area (Å²) in [6.07, 6.45) is -3.00. The van der Waals surface area contributed by atoms with E-state index in [0.717, 1.165) is 55.4 Å². The van der Waals surface area contributed by atoms with Crippen LogP contribution in [0.2, 0.25) is 0 Å². The van der Waals surface area contributed by atoms with Crippen LogP contribution in [0.4, 0.5) is 19.1 Å². The Morgan fingerprint density at radius 3 is 2.37 bits per heavy atom. The molecule has 0 amide bonds. The molecule has 4 aromatic rings. The predicted octanol–water partition coefficient (Wildman–Crippen LogP) is 4.54. The number of morpholine rings is 1. The number of aromatic nitrogens is 4. The molecule has 12 heteroatoms. The van der Waals surface area contributed by atoms with Crippen molar-refractivity contribution in [1.29, 1.82) is 0 Å². The third kappa shape index (κ3) is 6.64. The molecule has 1 saturated heterocycles. The first-order chi connectivity index (χ1) is 18.4. The molecule has 198 valence electrons. The molecule has 0 aliphatic carbocycles. The minimum Gasteiger partial charge on any atom is -0.492 e. The van der Waals surface area contributed by atoms with Gasteiger partial charge in [-0.1, -0.05) is 29.4 Å². The molecule has 0 unspecified atom stereocenters. The zero-order valence-corrected chi connectivity index (χ0v) is 20.3. The van der Waals surface area contributed by atoms with Gasteiger partial charge in [-0.05, 0) is 35.9 Å². The summed E-state index contributed by atoms with van der Waals surface area (Å²) in [4.78, 5) is 14.6. The molecule has 0 atom stereocenters. The minimum absolute atomic E-state index is 0.124. The number of nitrogens with one attached hydrogen (secondary N) is 1. The van der Waals surface area contributed by atoms with Crippen molar-refractivity contribution < 1.29 is 27.2 Å². The number of hydrogen-bond acceptors (Lipinski definition) is 9. The van der Waals surface area contributed by atoms with Crippen molar-refractivity contribution in [2.45, 2.75) is 12.7 Å². The number of ether oxygens (including phenoxy) is 2. The quantitative estimate of drug-likeness (QED) is 0.337. The van der Waals surface area contributed by atoms with Gasteiger partial charge in [0.1, 0.15) is 12.4 Å². The lowest BCUT2D eigenvalue weighted by molar-refractivity contribution is -0.159. The Bertz CT molecular complexity index is 1320. The van der Waals surface area contributed by atoms with E-state index in [4.69, 9.17) is 9.47 Å². The average Bonchev–Trinajstić information content (AvgIpc) is 3.45. The number of alkyl halides is 3. The molecule has 9 nitrogen and oxygen atoms in total. The summed E-state index contributed by atoms with van der Waals surface area (Å²) < 4.78 is 53.5. The van der Waals surface area contributed by atoms with E-state index >= 15 is 0 Å². The van der Waals surface area contributed by atoms with Gasteiger partial charge < -0.3 is 19.3 Å². The fourth-order valence-electron chi connectivity index (χ4n) is 3.85. The van der Waals surface area contributed by atoms with Crippen molar-refractivity contribution in [2.75, 3.05) is 44.8 Å². The standard InChI is InChI=1S/C26H25F3N6O3/c27-26(28,29)24-33-23(34-38-24)20-3-1-18(2-4-20)17-31-25-30-10-9-22(32-25)19-5-7-21(8-6-19)37-16-13-35-11-14-36-15-12-35/h1-10H,11-17H2,(H,30,31,32). The van der Waals surface area contributed by atoms with Crippen LogP contribution in [0.1, 0.15) is 11.5 Å². The van der Waals surface area contributed by atoms with E-state index in [2.05, 4.69) is 34.8 Å². The van der Waals surface area contributed by atoms with Gasteiger partial charge in [0.2, 0.25) is 11.8 Å². The molecule has 1 aliphatic rings. The minimum atomic E-state index is -4.68. The number of hydrogen-bond donors (Lipinski definition) is 1. The van der Waals surface area contributed by atoms with Gasteiger partial charge in [0.25, 0.3) is 0 Å². The highest BCUT2D eigenvalue weighted by molar-refractivity contribution is 5.61. The van der Waals surface area contributed by atoms with Crippen molar-refractivity contribution in [3.8, 4) is 28.4 Å². The molecule has 0 spiro atoms. The zero-order valence-electron chi connectivity index (χ0n) is 20.3. The Labute approximate surface area is 216 Å². The second-order valence-electron chi connectivity index (χ2n) is 8.56. The third-order valence-electron chi connectivity index (χ3n) is 5.92. The maximum atomic E-state index is 12.7. The molecule has 1 aliphatic heterocycles. The lowest BCUT2D eigenvalue weighted by Crippen LogP contribution is -2.38. The summed E-state index contributed by atoms with van der Waals surface area (Å²) in [5, 5.41) is 6.56. The Morgan fingerprint density at radius 1 is 0.921 bits per heavy atom. The van der Waals surface area contributed by atoms with Crippen molar-refractivity contribution >= 4 is 5.95 Å². The molecule has 3 heterocycles. The lowest BCUT2D eigenvalue weighted by Gasteiger charge is -2.26. The van der Waals surface area contributed by atoms with Crippen molar-refractivity contribution in [1.82, 2.24) is 25.0 Å². The fourth-order valence-corrected chi connectivity index (χ4v) is 3.85. The Hall–Kier alpha value is -4.03. The van der Waals surface area contributed by atoms with Gasteiger partial charge in [0.15, 0.2) is 0 Å². The molecule has 0 bridgehead atoms. The van der Waals surface area contributed by atoms with Crippen LogP contribution < -0.4 is 10.1 Å². The van der Waals surface area contributed by atoms with Gasteiger partial charge >= 0.3 is 12.1 Å².